The Balaban J connectivity index is 1.16. The van der Waals surface area contributed by atoms with Crippen LogP contribution in [0.3, 0.4) is 0 Å². The predicted octanol–water partition coefficient (Wildman–Crippen LogP) is 4.66. The van der Waals surface area contributed by atoms with Gasteiger partial charge in [0.1, 0.15) is 18.4 Å². The van der Waals surface area contributed by atoms with Gasteiger partial charge < -0.3 is 19.8 Å². The summed E-state index contributed by atoms with van der Waals surface area (Å²) in [5.41, 5.74) is 4.62. The molecule has 4 bridgehead atoms. The van der Waals surface area contributed by atoms with Gasteiger partial charge in [0.15, 0.2) is 0 Å². The Bertz CT molecular complexity index is 1480. The molecule has 206 valence electrons. The van der Waals surface area contributed by atoms with Gasteiger partial charge in [0.2, 0.25) is 0 Å². The van der Waals surface area contributed by atoms with Crippen LogP contribution in [0, 0.1) is 30.1 Å². The number of amides is 1. The van der Waals surface area contributed by atoms with Crippen LogP contribution in [0.2, 0.25) is 0 Å². The van der Waals surface area contributed by atoms with Crippen molar-refractivity contribution in [1.29, 1.82) is 0 Å². The molecule has 7 heteroatoms. The molecule has 1 aromatic heterocycles. The van der Waals surface area contributed by atoms with Crippen LogP contribution in [-0.4, -0.2) is 42.2 Å². The van der Waals surface area contributed by atoms with Crippen molar-refractivity contribution < 1.29 is 19.1 Å². The number of fused-ring (bicyclic) bond motifs is 3. The van der Waals surface area contributed by atoms with Gasteiger partial charge in [-0.25, -0.2) is 0 Å². The minimum absolute atomic E-state index is 0.0170. The van der Waals surface area contributed by atoms with Crippen LogP contribution in [0.1, 0.15) is 71.7 Å². The average Bonchev–Trinajstić information content (AvgIpc) is 3.32. The molecule has 1 amide bonds. The van der Waals surface area contributed by atoms with Gasteiger partial charge in [0, 0.05) is 34.1 Å². The summed E-state index contributed by atoms with van der Waals surface area (Å²) >= 11 is 0. The fraction of sp³-hybridized carbons (Fsp3) is 0.455. The quantitative estimate of drug-likeness (QED) is 0.314. The molecular formula is C33H35N3O4. The molecule has 1 aliphatic heterocycles. The summed E-state index contributed by atoms with van der Waals surface area (Å²) in [6.07, 6.45) is 13.3. The van der Waals surface area contributed by atoms with Gasteiger partial charge in [-0.2, -0.15) is 0 Å². The molecule has 4 fully saturated rings. The maximum Gasteiger partial charge on any atom is 0.323 e. The molecule has 4 aliphatic carbocycles. The fourth-order valence-electron chi connectivity index (χ4n) is 8.44. The monoisotopic (exact) mass is 537 g/mol. The molecule has 0 saturated heterocycles. The number of carbonyl (C=O) groups is 2. The molecule has 5 aliphatic rings. The number of hydrogen-bond acceptors (Lipinski definition) is 5. The summed E-state index contributed by atoms with van der Waals surface area (Å²) in [6.45, 7) is 0.190. The van der Waals surface area contributed by atoms with E-state index in [1.165, 1.54) is 26.4 Å². The molecule has 2 heterocycles. The van der Waals surface area contributed by atoms with E-state index < -0.39 is 6.04 Å². The Kier molecular flexibility index (Phi) is 6.12. The first-order chi connectivity index (χ1) is 19.4. The van der Waals surface area contributed by atoms with Crippen molar-refractivity contribution in [3.63, 3.8) is 0 Å². The smallest absolute Gasteiger partial charge is 0.323 e. The van der Waals surface area contributed by atoms with E-state index >= 15 is 0 Å². The zero-order chi connectivity index (χ0) is 27.4. The lowest BCUT2D eigenvalue weighted by molar-refractivity contribution is -0.143. The minimum Gasteiger partial charge on any atom is -0.481 e. The van der Waals surface area contributed by atoms with E-state index in [1.807, 2.05) is 42.5 Å². The highest BCUT2D eigenvalue weighted by Gasteiger charge is 2.51. The van der Waals surface area contributed by atoms with Crippen LogP contribution in [0.15, 0.2) is 42.5 Å². The molecular weight excluding hydrogens is 502 g/mol. The number of rotatable bonds is 6. The predicted molar refractivity (Wildman–Crippen MR) is 152 cm³/mol. The van der Waals surface area contributed by atoms with Crippen molar-refractivity contribution >= 4 is 22.8 Å². The largest absolute Gasteiger partial charge is 0.481 e. The standard InChI is InChI=1S/C33H35N3O4/c1-3-10-40-24-8-9-27-25(14-24)26-15-28(32(38)39-2)35-29(30(26)34-27)22-4-6-23(7-5-22)31(37)36-33-16-19-11-20(17-33)13-21(12-19)18-33/h1,4-9,14,19-21,28-29,34-35H,10-13,15-18H2,2H3,(H,36,37). The molecule has 7 nitrogen and oxygen atoms in total. The van der Waals surface area contributed by atoms with Crippen LogP contribution in [-0.2, 0) is 16.0 Å². The molecule has 2 atom stereocenters. The van der Waals surface area contributed by atoms with E-state index in [0.717, 1.165) is 64.7 Å². The van der Waals surface area contributed by atoms with E-state index in [0.29, 0.717) is 17.7 Å². The first-order valence-corrected chi connectivity index (χ1v) is 14.4. The Morgan fingerprint density at radius 2 is 1.75 bits per heavy atom. The molecule has 2 aromatic carbocycles. The molecule has 8 rings (SSSR count). The van der Waals surface area contributed by atoms with Crippen molar-refractivity contribution in [2.45, 2.75) is 62.6 Å². The average molecular weight is 538 g/mol. The van der Waals surface area contributed by atoms with Crippen LogP contribution in [0.4, 0.5) is 0 Å². The van der Waals surface area contributed by atoms with Gasteiger partial charge in [0.25, 0.3) is 5.91 Å². The number of methoxy groups -OCH3 is 1. The zero-order valence-electron chi connectivity index (χ0n) is 22.8. The number of esters is 1. The van der Waals surface area contributed by atoms with E-state index in [2.05, 4.69) is 21.5 Å². The third-order valence-electron chi connectivity index (χ3n) is 9.71. The molecule has 3 aromatic rings. The second-order valence-corrected chi connectivity index (χ2v) is 12.4. The summed E-state index contributed by atoms with van der Waals surface area (Å²) in [4.78, 5) is 29.6. The van der Waals surface area contributed by atoms with E-state index in [-0.39, 0.29) is 30.1 Å². The van der Waals surface area contributed by atoms with Gasteiger partial charge in [-0.1, -0.05) is 18.1 Å². The summed E-state index contributed by atoms with van der Waals surface area (Å²) in [5, 5.41) is 7.95. The zero-order valence-corrected chi connectivity index (χ0v) is 22.8. The maximum absolute atomic E-state index is 13.4. The van der Waals surface area contributed by atoms with Gasteiger partial charge in [-0.3, -0.25) is 14.9 Å². The Morgan fingerprint density at radius 3 is 2.40 bits per heavy atom. The second-order valence-electron chi connectivity index (χ2n) is 12.4. The highest BCUT2D eigenvalue weighted by Crippen LogP contribution is 2.55. The van der Waals surface area contributed by atoms with Crippen molar-refractivity contribution in [1.82, 2.24) is 15.6 Å². The third-order valence-corrected chi connectivity index (χ3v) is 9.71. The number of hydrogen-bond donors (Lipinski definition) is 3. The Labute approximate surface area is 234 Å². The summed E-state index contributed by atoms with van der Waals surface area (Å²) in [6, 6.07) is 12.8. The first-order valence-electron chi connectivity index (χ1n) is 14.4. The summed E-state index contributed by atoms with van der Waals surface area (Å²) < 4.78 is 10.8. The van der Waals surface area contributed by atoms with Gasteiger partial charge in [-0.05, 0) is 97.7 Å². The Morgan fingerprint density at radius 1 is 1.05 bits per heavy atom. The minimum atomic E-state index is -0.504. The van der Waals surface area contributed by atoms with Crippen LogP contribution in [0.25, 0.3) is 10.9 Å². The summed E-state index contributed by atoms with van der Waals surface area (Å²) in [7, 11) is 1.41. The number of ether oxygens (including phenoxy) is 2. The molecule has 40 heavy (non-hydrogen) atoms. The number of aromatic amines is 1. The van der Waals surface area contributed by atoms with E-state index in [1.54, 1.807) is 0 Å². The van der Waals surface area contributed by atoms with Crippen LogP contribution >= 0.6 is 0 Å². The third kappa shape index (κ3) is 4.35. The first kappa shape index (κ1) is 25.2. The van der Waals surface area contributed by atoms with Crippen molar-refractivity contribution in [2.24, 2.45) is 17.8 Å². The topological polar surface area (TPSA) is 92.5 Å². The lowest BCUT2D eigenvalue weighted by Gasteiger charge is -2.56. The summed E-state index contributed by atoms with van der Waals surface area (Å²) in [5.74, 6) is 5.22. The van der Waals surface area contributed by atoms with Gasteiger partial charge >= 0.3 is 5.97 Å². The van der Waals surface area contributed by atoms with Gasteiger partial charge in [-0.15, -0.1) is 6.42 Å². The van der Waals surface area contributed by atoms with Crippen molar-refractivity contribution in [3.8, 4) is 18.1 Å². The SMILES string of the molecule is C#CCOc1ccc2[nH]c3c(c2c1)CC(C(=O)OC)NC3c1ccc(C(=O)NC23CC4CC(CC(C4)C2)C3)cc1. The van der Waals surface area contributed by atoms with E-state index in [9.17, 15) is 9.59 Å². The maximum atomic E-state index is 13.4. The van der Waals surface area contributed by atoms with Crippen molar-refractivity contribution in [3.05, 3.63) is 64.8 Å². The number of H-pyrrole nitrogens is 1. The number of benzene rings is 2. The highest BCUT2D eigenvalue weighted by atomic mass is 16.5. The molecule has 0 spiro atoms. The number of carbonyl (C=O) groups excluding carboxylic acids is 2. The number of terminal acetylenes is 1. The number of nitrogens with one attached hydrogen (secondary N) is 3. The number of aromatic nitrogens is 1. The van der Waals surface area contributed by atoms with E-state index in [4.69, 9.17) is 15.9 Å². The normalized spacial score (nSPS) is 29.9. The molecule has 3 N–H and O–H groups in total. The Hall–Kier alpha value is -3.76. The second kappa shape index (κ2) is 9.71. The molecule has 2 unspecified atom stereocenters. The van der Waals surface area contributed by atoms with Gasteiger partial charge in [0.05, 0.1) is 13.2 Å². The van der Waals surface area contributed by atoms with Crippen LogP contribution in [0.5, 0.6) is 5.75 Å². The highest BCUT2D eigenvalue weighted by molar-refractivity contribution is 5.95. The fourth-order valence-corrected chi connectivity index (χ4v) is 8.44. The lowest BCUT2D eigenvalue weighted by atomic mass is 9.53. The lowest BCUT2D eigenvalue weighted by Crippen LogP contribution is -2.59. The molecule has 4 saturated carbocycles. The van der Waals surface area contributed by atoms with Crippen LogP contribution < -0.4 is 15.4 Å². The van der Waals surface area contributed by atoms with Crippen molar-refractivity contribution in [2.75, 3.05) is 13.7 Å². The molecule has 0 radical (unpaired) electrons.